The van der Waals surface area contributed by atoms with Gasteiger partial charge in [-0.05, 0) is 66.3 Å². The molecule has 0 spiro atoms. The molecule has 7 nitrogen and oxygen atoms in total. The summed E-state index contributed by atoms with van der Waals surface area (Å²) in [4.78, 5) is 18.0. The third kappa shape index (κ3) is 3.87. The molecule has 1 aliphatic carbocycles. The van der Waals surface area contributed by atoms with Crippen LogP contribution in [-0.4, -0.2) is 33.4 Å². The number of carbonyl (C=O) groups is 1. The Kier molecular flexibility index (Phi) is 5.40. The maximum atomic E-state index is 13.3. The highest BCUT2D eigenvalue weighted by Crippen LogP contribution is 2.29. The van der Waals surface area contributed by atoms with E-state index in [0.29, 0.717) is 23.6 Å². The molecule has 4 aromatic rings. The van der Waals surface area contributed by atoms with Gasteiger partial charge in [-0.25, -0.2) is 4.98 Å². The zero-order valence-corrected chi connectivity index (χ0v) is 18.5. The van der Waals surface area contributed by atoms with Crippen molar-refractivity contribution in [3.05, 3.63) is 64.8 Å². The van der Waals surface area contributed by atoms with Gasteiger partial charge in [0.05, 0.1) is 6.54 Å². The molecule has 0 aliphatic heterocycles. The number of pyridine rings is 1. The fraction of sp³-hybridized carbons (Fsp3) is 0.292. The second-order valence-electron chi connectivity index (χ2n) is 8.48. The van der Waals surface area contributed by atoms with E-state index < -0.39 is 0 Å². The van der Waals surface area contributed by atoms with Crippen LogP contribution in [0.15, 0.2) is 47.8 Å². The first-order valence-corrected chi connectivity index (χ1v) is 11.7. The van der Waals surface area contributed by atoms with Crippen LogP contribution < -0.4 is 16.8 Å². The predicted molar refractivity (Wildman–Crippen MR) is 129 cm³/mol. The van der Waals surface area contributed by atoms with Crippen LogP contribution in [-0.2, 0) is 6.54 Å². The first-order valence-electron chi connectivity index (χ1n) is 10.9. The van der Waals surface area contributed by atoms with Crippen LogP contribution in [0.4, 0.5) is 0 Å². The Morgan fingerprint density at radius 2 is 1.97 bits per heavy atom. The average Bonchev–Trinajstić information content (AvgIpc) is 3.37. The lowest BCUT2D eigenvalue weighted by atomic mass is 9.92. The Balaban J connectivity index is 1.55. The Labute approximate surface area is 189 Å². The van der Waals surface area contributed by atoms with E-state index in [4.69, 9.17) is 16.9 Å². The van der Waals surface area contributed by atoms with E-state index in [1.807, 2.05) is 28.8 Å². The van der Waals surface area contributed by atoms with Crippen LogP contribution in [0.5, 0.6) is 0 Å². The number of rotatable bonds is 5. The predicted octanol–water partition coefficient (Wildman–Crippen LogP) is 3.58. The summed E-state index contributed by atoms with van der Waals surface area (Å²) >= 11 is 1.69. The van der Waals surface area contributed by atoms with Crippen LogP contribution >= 0.6 is 11.3 Å². The number of amidine groups is 1. The van der Waals surface area contributed by atoms with Gasteiger partial charge in [0.1, 0.15) is 22.9 Å². The molecule has 3 aromatic heterocycles. The largest absolute Gasteiger partial charge is 0.382 e. The molecule has 3 heterocycles. The van der Waals surface area contributed by atoms with Crippen molar-refractivity contribution in [1.29, 1.82) is 5.41 Å². The summed E-state index contributed by atoms with van der Waals surface area (Å²) in [6, 6.07) is 14.1. The molecule has 0 saturated heterocycles. The molecular formula is C24H26N6OS. The van der Waals surface area contributed by atoms with E-state index in [-0.39, 0.29) is 23.8 Å². The van der Waals surface area contributed by atoms with Gasteiger partial charge in [-0.3, -0.25) is 10.2 Å². The molecule has 6 N–H and O–H groups in total. The molecule has 164 valence electrons. The second kappa shape index (κ2) is 8.37. The lowest BCUT2D eigenvalue weighted by Gasteiger charge is -2.27. The van der Waals surface area contributed by atoms with E-state index in [9.17, 15) is 4.79 Å². The quantitative estimate of drug-likeness (QED) is 0.276. The third-order valence-electron chi connectivity index (χ3n) is 6.25. The summed E-state index contributed by atoms with van der Waals surface area (Å²) in [5, 5.41) is 15.1. The lowest BCUT2D eigenvalue weighted by molar-refractivity contribution is 0.0917. The minimum Gasteiger partial charge on any atom is -0.382 e. The van der Waals surface area contributed by atoms with Gasteiger partial charge >= 0.3 is 0 Å². The van der Waals surface area contributed by atoms with Crippen molar-refractivity contribution in [1.82, 2.24) is 14.9 Å². The molecule has 8 heteroatoms. The van der Waals surface area contributed by atoms with Crippen molar-refractivity contribution in [2.75, 3.05) is 0 Å². The summed E-state index contributed by atoms with van der Waals surface area (Å²) < 4.78 is 3.15. The van der Waals surface area contributed by atoms with Gasteiger partial charge in [0.25, 0.3) is 5.91 Å². The van der Waals surface area contributed by atoms with E-state index in [1.54, 1.807) is 17.4 Å². The van der Waals surface area contributed by atoms with Crippen molar-refractivity contribution in [3.8, 4) is 0 Å². The number of benzene rings is 1. The lowest BCUT2D eigenvalue weighted by Crippen LogP contribution is -2.41. The van der Waals surface area contributed by atoms with E-state index in [2.05, 4.69) is 27.8 Å². The van der Waals surface area contributed by atoms with Crippen LogP contribution in [0.1, 0.15) is 47.4 Å². The van der Waals surface area contributed by atoms with E-state index in [0.717, 1.165) is 36.6 Å². The van der Waals surface area contributed by atoms with Gasteiger partial charge in [-0.15, -0.1) is 11.3 Å². The highest BCUT2D eigenvalue weighted by atomic mass is 32.1. The molecule has 0 bridgehead atoms. The highest BCUT2D eigenvalue weighted by molar-refractivity contribution is 7.17. The molecule has 1 aromatic carbocycles. The molecule has 1 fully saturated rings. The number of nitrogens with one attached hydrogen (secondary N) is 2. The molecule has 32 heavy (non-hydrogen) atoms. The summed E-state index contributed by atoms with van der Waals surface area (Å²) in [6.45, 7) is 0.514. The SMILES string of the molecule is N=C(N)c1ccc2cc(C(=O)NC3CCC(N)CC3)n(Cc3csc4ccccc34)c2n1. The molecule has 5 rings (SSSR count). The highest BCUT2D eigenvalue weighted by Gasteiger charge is 2.24. The summed E-state index contributed by atoms with van der Waals surface area (Å²) in [5.41, 5.74) is 14.5. The Bertz CT molecular complexity index is 1310. The Morgan fingerprint density at radius 1 is 1.19 bits per heavy atom. The first kappa shape index (κ1) is 20.7. The molecule has 0 radical (unpaired) electrons. The summed E-state index contributed by atoms with van der Waals surface area (Å²) in [7, 11) is 0. The molecule has 0 unspecified atom stereocenters. The normalized spacial score (nSPS) is 18.8. The van der Waals surface area contributed by atoms with Crippen molar-refractivity contribution >= 4 is 44.2 Å². The number of hydrogen-bond acceptors (Lipinski definition) is 5. The van der Waals surface area contributed by atoms with Gasteiger partial charge in [-0.2, -0.15) is 0 Å². The zero-order chi connectivity index (χ0) is 22.2. The molecule has 1 saturated carbocycles. The summed E-state index contributed by atoms with van der Waals surface area (Å²) in [5.74, 6) is -0.197. The standard InChI is InChI=1S/C24H26N6OS/c25-16-6-8-17(9-7-16)28-24(31)20-11-14-5-10-19(22(26)27)29-23(14)30(20)12-15-13-32-21-4-2-1-3-18(15)21/h1-5,10-11,13,16-17H,6-9,12,25H2,(H3,26,27)(H,28,31). The molecular weight excluding hydrogens is 420 g/mol. The topological polar surface area (TPSA) is 123 Å². The Morgan fingerprint density at radius 3 is 2.75 bits per heavy atom. The van der Waals surface area contributed by atoms with Gasteiger partial charge in [0, 0.05) is 22.2 Å². The summed E-state index contributed by atoms with van der Waals surface area (Å²) in [6.07, 6.45) is 3.65. The van der Waals surface area contributed by atoms with Gasteiger partial charge in [0.15, 0.2) is 0 Å². The number of aromatic nitrogens is 2. The van der Waals surface area contributed by atoms with Crippen molar-refractivity contribution in [2.45, 2.75) is 44.3 Å². The maximum Gasteiger partial charge on any atom is 0.268 e. The number of nitrogens with zero attached hydrogens (tertiary/aromatic N) is 2. The smallest absolute Gasteiger partial charge is 0.268 e. The number of hydrogen-bond donors (Lipinski definition) is 4. The van der Waals surface area contributed by atoms with Crippen molar-refractivity contribution < 1.29 is 4.79 Å². The number of thiophene rings is 1. The van der Waals surface area contributed by atoms with Crippen molar-refractivity contribution in [2.24, 2.45) is 11.5 Å². The first-order chi connectivity index (χ1) is 15.5. The molecule has 0 atom stereocenters. The fourth-order valence-corrected chi connectivity index (χ4v) is 5.43. The van der Waals surface area contributed by atoms with Crippen molar-refractivity contribution in [3.63, 3.8) is 0 Å². The fourth-order valence-electron chi connectivity index (χ4n) is 4.47. The number of amides is 1. The monoisotopic (exact) mass is 446 g/mol. The minimum absolute atomic E-state index is 0.0924. The van der Waals surface area contributed by atoms with Crippen LogP contribution in [0.2, 0.25) is 0 Å². The second-order valence-corrected chi connectivity index (χ2v) is 9.39. The average molecular weight is 447 g/mol. The Hall–Kier alpha value is -3.23. The third-order valence-corrected chi connectivity index (χ3v) is 7.26. The molecule has 1 aliphatic rings. The van der Waals surface area contributed by atoms with Crippen LogP contribution in [0, 0.1) is 5.41 Å². The van der Waals surface area contributed by atoms with Gasteiger partial charge in [-0.1, -0.05) is 18.2 Å². The van der Waals surface area contributed by atoms with Gasteiger partial charge in [0.2, 0.25) is 0 Å². The van der Waals surface area contributed by atoms with E-state index in [1.165, 1.54) is 10.1 Å². The zero-order valence-electron chi connectivity index (χ0n) is 17.7. The van der Waals surface area contributed by atoms with Crippen LogP contribution in [0.3, 0.4) is 0 Å². The van der Waals surface area contributed by atoms with Gasteiger partial charge < -0.3 is 21.4 Å². The minimum atomic E-state index is -0.104. The molecule has 1 amide bonds. The number of nitrogens with two attached hydrogens (primary N) is 2. The van der Waals surface area contributed by atoms with Crippen LogP contribution in [0.25, 0.3) is 21.1 Å². The number of fused-ring (bicyclic) bond motifs is 2. The number of carbonyl (C=O) groups excluding carboxylic acids is 1. The number of nitrogen functional groups attached to an aromatic ring is 1. The van der Waals surface area contributed by atoms with E-state index >= 15 is 0 Å². The maximum absolute atomic E-state index is 13.3.